The molecule has 0 saturated carbocycles. The van der Waals surface area contributed by atoms with E-state index in [0.717, 1.165) is 31.6 Å². The van der Waals surface area contributed by atoms with Gasteiger partial charge in [-0.2, -0.15) is 0 Å². The van der Waals surface area contributed by atoms with Gasteiger partial charge in [0.1, 0.15) is 5.82 Å². The summed E-state index contributed by atoms with van der Waals surface area (Å²) in [6, 6.07) is 5.21. The molecule has 1 fully saturated rings. The molecule has 0 amide bonds. The molecule has 1 heterocycles. The monoisotopic (exact) mass is 264 g/mol. The first-order valence-corrected chi connectivity index (χ1v) is 5.45. The van der Waals surface area contributed by atoms with E-state index >= 15 is 0 Å². The fourth-order valence-corrected chi connectivity index (χ4v) is 2.02. The Labute approximate surface area is 106 Å². The van der Waals surface area contributed by atoms with Crippen molar-refractivity contribution in [3.8, 4) is 0 Å². The van der Waals surface area contributed by atoms with Crippen LogP contribution in [-0.2, 0) is 6.54 Å². The van der Waals surface area contributed by atoms with Gasteiger partial charge in [0.25, 0.3) is 0 Å². The van der Waals surface area contributed by atoms with Crippen LogP contribution < -0.4 is 5.73 Å². The van der Waals surface area contributed by atoms with Gasteiger partial charge in [-0.1, -0.05) is 17.7 Å². The van der Waals surface area contributed by atoms with Crippen molar-refractivity contribution in [1.82, 2.24) is 4.90 Å². The lowest BCUT2D eigenvalue weighted by molar-refractivity contribution is 0.326. The maximum absolute atomic E-state index is 13.2. The molecule has 1 aromatic carbocycles. The summed E-state index contributed by atoms with van der Waals surface area (Å²) in [4.78, 5) is 2.23. The average Bonchev–Trinajstić information content (AvgIpc) is 2.58. The third kappa shape index (κ3) is 3.32. The third-order valence-electron chi connectivity index (χ3n) is 2.70. The Hall–Kier alpha value is -0.350. The topological polar surface area (TPSA) is 29.3 Å². The molecule has 1 aromatic rings. The van der Waals surface area contributed by atoms with Crippen LogP contribution in [-0.4, -0.2) is 24.0 Å². The van der Waals surface area contributed by atoms with E-state index in [-0.39, 0.29) is 29.3 Å². The normalized spacial score (nSPS) is 20.8. The SMILES string of the molecule is Cl.NC1CCN(Cc2ccc(Cl)c(F)c2)C1. The summed E-state index contributed by atoms with van der Waals surface area (Å²) in [7, 11) is 0. The van der Waals surface area contributed by atoms with Gasteiger partial charge in [-0.15, -0.1) is 12.4 Å². The minimum Gasteiger partial charge on any atom is -0.326 e. The molecule has 1 aliphatic heterocycles. The first kappa shape index (κ1) is 13.7. The number of rotatable bonds is 2. The third-order valence-corrected chi connectivity index (χ3v) is 3.01. The number of benzene rings is 1. The fraction of sp³-hybridized carbons (Fsp3) is 0.455. The molecule has 0 spiro atoms. The van der Waals surface area contributed by atoms with Crippen molar-refractivity contribution in [1.29, 1.82) is 0 Å². The molecule has 1 unspecified atom stereocenters. The van der Waals surface area contributed by atoms with Gasteiger partial charge in [-0.05, 0) is 24.1 Å². The largest absolute Gasteiger partial charge is 0.326 e. The number of halogens is 3. The minimum atomic E-state index is -0.349. The highest BCUT2D eigenvalue weighted by atomic mass is 35.5. The first-order valence-electron chi connectivity index (χ1n) is 5.07. The van der Waals surface area contributed by atoms with Crippen LogP contribution in [0.2, 0.25) is 5.02 Å². The summed E-state index contributed by atoms with van der Waals surface area (Å²) in [5.74, 6) is -0.349. The molecule has 1 saturated heterocycles. The van der Waals surface area contributed by atoms with E-state index in [1.165, 1.54) is 6.07 Å². The molecule has 0 aliphatic carbocycles. The molecule has 5 heteroatoms. The van der Waals surface area contributed by atoms with Crippen molar-refractivity contribution in [2.24, 2.45) is 5.73 Å². The second-order valence-electron chi connectivity index (χ2n) is 4.03. The summed E-state index contributed by atoms with van der Waals surface area (Å²) < 4.78 is 13.2. The lowest BCUT2D eigenvalue weighted by atomic mass is 10.2. The smallest absolute Gasteiger partial charge is 0.142 e. The lowest BCUT2D eigenvalue weighted by Gasteiger charge is -2.15. The minimum absolute atomic E-state index is 0. The lowest BCUT2D eigenvalue weighted by Crippen LogP contribution is -2.26. The predicted molar refractivity (Wildman–Crippen MR) is 66.5 cm³/mol. The van der Waals surface area contributed by atoms with Crippen molar-refractivity contribution in [2.75, 3.05) is 13.1 Å². The van der Waals surface area contributed by atoms with Crippen LogP contribution in [0.25, 0.3) is 0 Å². The van der Waals surface area contributed by atoms with E-state index in [1.54, 1.807) is 6.07 Å². The molecule has 1 atom stereocenters. The molecule has 0 bridgehead atoms. The molecule has 2 N–H and O–H groups in total. The van der Waals surface area contributed by atoms with Crippen molar-refractivity contribution in [2.45, 2.75) is 19.0 Å². The molecular weight excluding hydrogens is 250 g/mol. The van der Waals surface area contributed by atoms with Crippen molar-refractivity contribution in [3.05, 3.63) is 34.6 Å². The van der Waals surface area contributed by atoms with Gasteiger partial charge in [-0.3, -0.25) is 4.90 Å². The van der Waals surface area contributed by atoms with Crippen LogP contribution in [0.1, 0.15) is 12.0 Å². The van der Waals surface area contributed by atoms with Crippen molar-refractivity contribution < 1.29 is 4.39 Å². The molecule has 2 rings (SSSR count). The maximum atomic E-state index is 13.2. The second kappa shape index (κ2) is 5.82. The summed E-state index contributed by atoms with van der Waals surface area (Å²) in [6.45, 7) is 2.64. The Morgan fingerprint density at radius 3 is 2.81 bits per heavy atom. The Morgan fingerprint density at radius 1 is 1.50 bits per heavy atom. The van der Waals surface area contributed by atoms with Crippen LogP contribution in [0, 0.1) is 5.82 Å². The highest BCUT2D eigenvalue weighted by Gasteiger charge is 2.18. The summed E-state index contributed by atoms with van der Waals surface area (Å²) in [6.07, 6.45) is 1.02. The zero-order chi connectivity index (χ0) is 10.8. The standard InChI is InChI=1S/C11H14ClFN2.ClH/c12-10-2-1-8(5-11(10)13)6-15-4-3-9(14)7-15;/h1-2,5,9H,3-4,6-7,14H2;1H. The number of nitrogens with zero attached hydrogens (tertiary/aromatic N) is 1. The zero-order valence-corrected chi connectivity index (χ0v) is 10.4. The number of likely N-dealkylation sites (tertiary alicyclic amines) is 1. The van der Waals surface area contributed by atoms with E-state index in [9.17, 15) is 4.39 Å². The van der Waals surface area contributed by atoms with E-state index < -0.39 is 0 Å². The zero-order valence-electron chi connectivity index (χ0n) is 8.83. The number of nitrogens with two attached hydrogens (primary N) is 1. The molecule has 0 radical (unpaired) electrons. The number of hydrogen-bond donors (Lipinski definition) is 1. The fourth-order valence-electron chi connectivity index (χ4n) is 1.90. The Kier molecular flexibility index (Phi) is 4.99. The Bertz CT molecular complexity index is 360. The van der Waals surface area contributed by atoms with Gasteiger partial charge in [0, 0.05) is 25.7 Å². The first-order chi connectivity index (χ1) is 7.15. The van der Waals surface area contributed by atoms with Crippen LogP contribution in [0.5, 0.6) is 0 Å². The van der Waals surface area contributed by atoms with E-state index in [2.05, 4.69) is 4.90 Å². The number of hydrogen-bond acceptors (Lipinski definition) is 2. The highest BCUT2D eigenvalue weighted by molar-refractivity contribution is 6.30. The van der Waals surface area contributed by atoms with Gasteiger partial charge in [0.05, 0.1) is 5.02 Å². The predicted octanol–water partition coefficient (Wildman–Crippen LogP) is 2.43. The molecule has 90 valence electrons. The molecule has 0 aromatic heterocycles. The molecule has 16 heavy (non-hydrogen) atoms. The van der Waals surface area contributed by atoms with Crippen molar-refractivity contribution >= 4 is 24.0 Å². The molecular formula is C11H15Cl2FN2. The van der Waals surface area contributed by atoms with Gasteiger partial charge < -0.3 is 5.73 Å². The van der Waals surface area contributed by atoms with Crippen LogP contribution in [0.3, 0.4) is 0 Å². The summed E-state index contributed by atoms with van der Waals surface area (Å²) in [5.41, 5.74) is 6.75. The van der Waals surface area contributed by atoms with Gasteiger partial charge in [0.15, 0.2) is 0 Å². The van der Waals surface area contributed by atoms with Crippen LogP contribution in [0.15, 0.2) is 18.2 Å². The average molecular weight is 265 g/mol. The second-order valence-corrected chi connectivity index (χ2v) is 4.44. The van der Waals surface area contributed by atoms with Crippen LogP contribution in [0.4, 0.5) is 4.39 Å². The maximum Gasteiger partial charge on any atom is 0.142 e. The highest BCUT2D eigenvalue weighted by Crippen LogP contribution is 2.18. The van der Waals surface area contributed by atoms with E-state index in [4.69, 9.17) is 17.3 Å². The Morgan fingerprint density at radius 2 is 2.25 bits per heavy atom. The summed E-state index contributed by atoms with van der Waals surface area (Å²) >= 11 is 5.61. The summed E-state index contributed by atoms with van der Waals surface area (Å²) in [5, 5.41) is 0.178. The van der Waals surface area contributed by atoms with Crippen LogP contribution >= 0.6 is 24.0 Å². The van der Waals surface area contributed by atoms with E-state index in [0.29, 0.717) is 0 Å². The quantitative estimate of drug-likeness (QED) is 0.889. The Balaban J connectivity index is 0.00000128. The molecule has 1 aliphatic rings. The molecule has 2 nitrogen and oxygen atoms in total. The van der Waals surface area contributed by atoms with E-state index in [1.807, 2.05) is 6.07 Å². The van der Waals surface area contributed by atoms with Crippen molar-refractivity contribution in [3.63, 3.8) is 0 Å². The van der Waals surface area contributed by atoms with Gasteiger partial charge >= 0.3 is 0 Å². The van der Waals surface area contributed by atoms with Gasteiger partial charge in [-0.25, -0.2) is 4.39 Å². The van der Waals surface area contributed by atoms with Gasteiger partial charge in [0.2, 0.25) is 0 Å².